The van der Waals surface area contributed by atoms with Gasteiger partial charge in [-0.2, -0.15) is 0 Å². The second-order valence-electron chi connectivity index (χ2n) is 5.45. The second kappa shape index (κ2) is 10.1. The molecule has 1 heteroatoms. The summed E-state index contributed by atoms with van der Waals surface area (Å²) in [4.78, 5) is 0. The number of pyridine rings is 1. The van der Waals surface area contributed by atoms with Crippen molar-refractivity contribution in [3.63, 3.8) is 0 Å². The molecule has 0 saturated heterocycles. The smallest absolute Gasteiger partial charge is 0.171 e. The Balaban J connectivity index is 1.92. The van der Waals surface area contributed by atoms with E-state index in [0.717, 1.165) is 0 Å². The van der Waals surface area contributed by atoms with Crippen molar-refractivity contribution in [3.8, 4) is 0 Å². The van der Waals surface area contributed by atoms with Crippen LogP contribution in [0.15, 0.2) is 24.5 Å². The van der Waals surface area contributed by atoms with Crippen LogP contribution < -0.4 is 4.57 Å². The quantitative estimate of drug-likeness (QED) is 0.413. The maximum absolute atomic E-state index is 2.32. The Bertz CT molecular complexity index is 306. The van der Waals surface area contributed by atoms with Gasteiger partial charge in [-0.25, -0.2) is 4.57 Å². The highest BCUT2D eigenvalue weighted by atomic mass is 14.9. The molecule has 0 atom stereocenters. The molecule has 0 aliphatic carbocycles. The first-order valence-corrected chi connectivity index (χ1v) is 7.78. The minimum atomic E-state index is 1.18. The normalized spacial score (nSPS) is 10.8. The van der Waals surface area contributed by atoms with Crippen molar-refractivity contribution in [1.29, 1.82) is 0 Å². The van der Waals surface area contributed by atoms with Crippen molar-refractivity contribution in [2.45, 2.75) is 78.2 Å². The molecule has 1 rings (SSSR count). The van der Waals surface area contributed by atoms with E-state index in [9.17, 15) is 0 Å². The van der Waals surface area contributed by atoms with Crippen LogP contribution in [-0.2, 0) is 6.54 Å². The van der Waals surface area contributed by atoms with E-state index in [1.54, 1.807) is 0 Å². The van der Waals surface area contributed by atoms with Crippen LogP contribution in [0, 0.1) is 6.92 Å². The molecule has 0 aliphatic rings. The number of aryl methyl sites for hydroxylation is 2. The van der Waals surface area contributed by atoms with Crippen molar-refractivity contribution in [2.75, 3.05) is 0 Å². The summed E-state index contributed by atoms with van der Waals surface area (Å²) in [6.07, 6.45) is 17.1. The zero-order valence-corrected chi connectivity index (χ0v) is 12.3. The number of hydrogen-bond acceptors (Lipinski definition) is 0. The lowest BCUT2D eigenvalue weighted by molar-refractivity contribution is -0.697. The van der Waals surface area contributed by atoms with Crippen LogP contribution in [0.2, 0.25) is 0 Å². The lowest BCUT2D eigenvalue weighted by Crippen LogP contribution is -2.32. The third-order valence-corrected chi connectivity index (χ3v) is 3.53. The molecule has 0 N–H and O–H groups in total. The minimum absolute atomic E-state index is 1.18. The number of aromatic nitrogens is 1. The van der Waals surface area contributed by atoms with E-state index < -0.39 is 0 Å². The highest BCUT2D eigenvalue weighted by molar-refractivity contribution is 5.01. The molecular weight excluding hydrogens is 218 g/mol. The summed E-state index contributed by atoms with van der Waals surface area (Å²) >= 11 is 0. The van der Waals surface area contributed by atoms with Crippen molar-refractivity contribution < 1.29 is 4.57 Å². The van der Waals surface area contributed by atoms with Gasteiger partial charge in [0.05, 0.1) is 0 Å². The molecule has 0 aliphatic heterocycles. The Hall–Kier alpha value is -0.850. The summed E-state index contributed by atoms with van der Waals surface area (Å²) in [5.74, 6) is 0. The van der Waals surface area contributed by atoms with E-state index in [4.69, 9.17) is 0 Å². The van der Waals surface area contributed by atoms with Crippen LogP contribution in [0.1, 0.15) is 70.3 Å². The van der Waals surface area contributed by atoms with E-state index in [-0.39, 0.29) is 0 Å². The molecule has 18 heavy (non-hydrogen) atoms. The van der Waals surface area contributed by atoms with Gasteiger partial charge in [-0.15, -0.1) is 0 Å². The SMILES string of the molecule is CCCCCCCCCCC[n+]1cccc(C)c1. The summed E-state index contributed by atoms with van der Waals surface area (Å²) in [5.41, 5.74) is 1.36. The second-order valence-corrected chi connectivity index (χ2v) is 5.45. The minimum Gasteiger partial charge on any atom is -0.205 e. The van der Waals surface area contributed by atoms with Gasteiger partial charge < -0.3 is 0 Å². The van der Waals surface area contributed by atoms with Gasteiger partial charge in [-0.3, -0.25) is 0 Å². The maximum Gasteiger partial charge on any atom is 0.171 e. The Morgan fingerprint density at radius 1 is 0.889 bits per heavy atom. The summed E-state index contributed by atoms with van der Waals surface area (Å²) in [6, 6.07) is 4.30. The Kier molecular flexibility index (Phi) is 8.54. The third kappa shape index (κ3) is 7.47. The van der Waals surface area contributed by atoms with Crippen LogP contribution in [0.3, 0.4) is 0 Å². The summed E-state index contributed by atoms with van der Waals surface area (Å²) < 4.78 is 2.32. The van der Waals surface area contributed by atoms with Gasteiger partial charge >= 0.3 is 0 Å². The van der Waals surface area contributed by atoms with Gasteiger partial charge in [-0.05, 0) is 19.4 Å². The number of unbranched alkanes of at least 4 members (excludes halogenated alkanes) is 8. The monoisotopic (exact) mass is 248 g/mol. The fraction of sp³-hybridized carbons (Fsp3) is 0.706. The largest absolute Gasteiger partial charge is 0.205 e. The molecule has 0 amide bonds. The standard InChI is InChI=1S/C17H30N/c1-3-4-5-6-7-8-9-10-11-14-18-15-12-13-17(2)16-18/h12-13,15-16H,3-11,14H2,1-2H3/q+1. The fourth-order valence-corrected chi connectivity index (χ4v) is 2.40. The molecule has 102 valence electrons. The van der Waals surface area contributed by atoms with E-state index in [1.807, 2.05) is 0 Å². The fourth-order valence-electron chi connectivity index (χ4n) is 2.40. The van der Waals surface area contributed by atoms with Gasteiger partial charge in [0.1, 0.15) is 6.54 Å². The topological polar surface area (TPSA) is 3.88 Å². The lowest BCUT2D eigenvalue weighted by atomic mass is 10.1. The van der Waals surface area contributed by atoms with E-state index in [0.29, 0.717) is 0 Å². The Morgan fingerprint density at radius 2 is 1.50 bits per heavy atom. The third-order valence-electron chi connectivity index (χ3n) is 3.53. The van der Waals surface area contributed by atoms with Crippen molar-refractivity contribution in [2.24, 2.45) is 0 Å². The first kappa shape index (κ1) is 15.2. The molecule has 1 aromatic heterocycles. The highest BCUT2D eigenvalue weighted by Crippen LogP contribution is 2.09. The number of hydrogen-bond donors (Lipinski definition) is 0. The van der Waals surface area contributed by atoms with E-state index >= 15 is 0 Å². The van der Waals surface area contributed by atoms with Crippen LogP contribution in [0.4, 0.5) is 0 Å². The van der Waals surface area contributed by atoms with Gasteiger partial charge in [0, 0.05) is 18.1 Å². The van der Waals surface area contributed by atoms with Crippen LogP contribution >= 0.6 is 0 Å². The van der Waals surface area contributed by atoms with Crippen molar-refractivity contribution in [3.05, 3.63) is 30.1 Å². The predicted molar refractivity (Wildman–Crippen MR) is 78.6 cm³/mol. The molecule has 1 heterocycles. The van der Waals surface area contributed by atoms with Crippen LogP contribution in [0.25, 0.3) is 0 Å². The van der Waals surface area contributed by atoms with Gasteiger partial charge in [0.15, 0.2) is 12.4 Å². The molecule has 0 saturated carbocycles. The summed E-state index contributed by atoms with van der Waals surface area (Å²) in [5, 5.41) is 0. The summed E-state index contributed by atoms with van der Waals surface area (Å²) in [7, 11) is 0. The molecule has 1 nitrogen and oxygen atoms in total. The highest BCUT2D eigenvalue weighted by Gasteiger charge is 1.99. The molecule has 0 aromatic carbocycles. The average molecular weight is 248 g/mol. The molecular formula is C17H30N+. The molecule has 0 radical (unpaired) electrons. The lowest BCUT2D eigenvalue weighted by Gasteiger charge is -2.01. The van der Waals surface area contributed by atoms with E-state index in [2.05, 4.69) is 42.9 Å². The Labute approximate surface area is 113 Å². The molecule has 0 bridgehead atoms. The predicted octanol–water partition coefficient (Wildman–Crippen LogP) is 4.81. The Morgan fingerprint density at radius 3 is 2.11 bits per heavy atom. The van der Waals surface area contributed by atoms with Crippen LogP contribution in [-0.4, -0.2) is 0 Å². The average Bonchev–Trinajstić information content (AvgIpc) is 2.37. The first-order valence-electron chi connectivity index (χ1n) is 7.78. The van der Waals surface area contributed by atoms with Gasteiger partial charge in [-0.1, -0.05) is 51.9 Å². The molecule has 1 aromatic rings. The van der Waals surface area contributed by atoms with Crippen molar-refractivity contribution >= 4 is 0 Å². The van der Waals surface area contributed by atoms with Crippen molar-refractivity contribution in [1.82, 2.24) is 0 Å². The summed E-state index contributed by atoms with van der Waals surface area (Å²) in [6.45, 7) is 5.62. The van der Waals surface area contributed by atoms with Gasteiger partial charge in [0.2, 0.25) is 0 Å². The number of rotatable bonds is 10. The van der Waals surface area contributed by atoms with Crippen LogP contribution in [0.5, 0.6) is 0 Å². The van der Waals surface area contributed by atoms with E-state index in [1.165, 1.54) is 69.9 Å². The maximum atomic E-state index is 2.32. The zero-order chi connectivity index (χ0) is 13.1. The molecule has 0 unspecified atom stereocenters. The first-order chi connectivity index (χ1) is 8.83. The molecule has 0 spiro atoms. The number of nitrogens with zero attached hydrogens (tertiary/aromatic N) is 1. The molecule has 0 fully saturated rings. The zero-order valence-electron chi connectivity index (χ0n) is 12.3. The van der Waals surface area contributed by atoms with Gasteiger partial charge in [0.25, 0.3) is 0 Å².